The summed E-state index contributed by atoms with van der Waals surface area (Å²) < 4.78 is 0. The van der Waals surface area contributed by atoms with E-state index in [2.05, 4.69) is 9.97 Å². The van der Waals surface area contributed by atoms with Crippen LogP contribution in [0.4, 0.5) is 5.82 Å². The Morgan fingerprint density at radius 1 is 1.43 bits per heavy atom. The molecule has 0 bridgehead atoms. The Bertz CT molecular complexity index is 676. The van der Waals surface area contributed by atoms with E-state index in [9.17, 15) is 4.79 Å². The zero-order valence-corrected chi connectivity index (χ0v) is 13.1. The molecule has 0 aliphatic rings. The lowest BCUT2D eigenvalue weighted by atomic mass is 10.0. The first-order chi connectivity index (χ1) is 10.0. The first-order valence-electron chi connectivity index (χ1n) is 6.54. The fourth-order valence-corrected chi connectivity index (χ4v) is 3.51. The molecule has 2 atom stereocenters. The number of nitrogens with two attached hydrogens (primary N) is 2. The molecule has 1 heterocycles. The summed E-state index contributed by atoms with van der Waals surface area (Å²) in [5.41, 5.74) is 12.5. The maximum atomic E-state index is 11.5. The van der Waals surface area contributed by atoms with Crippen molar-refractivity contribution in [3.8, 4) is 0 Å². The number of aromatic amines is 1. The highest BCUT2D eigenvalue weighted by atomic mass is 35.5. The quantitative estimate of drug-likeness (QED) is 0.580. The molecule has 0 spiro atoms. The molecule has 0 saturated heterocycles. The second-order valence-electron chi connectivity index (χ2n) is 4.61. The molecule has 21 heavy (non-hydrogen) atoms. The van der Waals surface area contributed by atoms with Gasteiger partial charge in [-0.05, 0) is 18.1 Å². The second kappa shape index (κ2) is 6.98. The minimum atomic E-state index is -0.284. The third kappa shape index (κ3) is 4.00. The smallest absolute Gasteiger partial charge is 0.253 e. The number of nitrogens with zero attached hydrogens (tertiary/aromatic N) is 1. The Balaban J connectivity index is 2.37. The van der Waals surface area contributed by atoms with Gasteiger partial charge in [0, 0.05) is 17.1 Å². The highest BCUT2D eigenvalue weighted by molar-refractivity contribution is 7.99. The van der Waals surface area contributed by atoms with Gasteiger partial charge in [0.25, 0.3) is 5.56 Å². The number of rotatable bonds is 5. The summed E-state index contributed by atoms with van der Waals surface area (Å²) in [5.74, 6) is 0.184. The van der Waals surface area contributed by atoms with Gasteiger partial charge < -0.3 is 16.5 Å². The van der Waals surface area contributed by atoms with Crippen LogP contribution in [0.15, 0.2) is 40.3 Å². The first-order valence-corrected chi connectivity index (χ1v) is 7.80. The molecule has 0 aliphatic carbocycles. The number of H-pyrrole nitrogens is 1. The SMILES string of the molecule is CCC(N)C(Sc1nc(N)cc(=O)[nH]1)c1ccccc1Cl. The highest BCUT2D eigenvalue weighted by Gasteiger charge is 2.23. The molecule has 0 aliphatic heterocycles. The van der Waals surface area contributed by atoms with Crippen molar-refractivity contribution in [2.75, 3.05) is 5.73 Å². The fourth-order valence-electron chi connectivity index (χ4n) is 1.93. The lowest BCUT2D eigenvalue weighted by Crippen LogP contribution is -2.26. The van der Waals surface area contributed by atoms with E-state index in [0.717, 1.165) is 12.0 Å². The van der Waals surface area contributed by atoms with Gasteiger partial charge in [-0.25, -0.2) is 4.98 Å². The molecule has 0 amide bonds. The summed E-state index contributed by atoms with van der Waals surface area (Å²) >= 11 is 7.62. The van der Waals surface area contributed by atoms with Crippen molar-refractivity contribution in [3.63, 3.8) is 0 Å². The molecule has 112 valence electrons. The summed E-state index contributed by atoms with van der Waals surface area (Å²) in [6, 6.07) is 8.65. The van der Waals surface area contributed by atoms with Crippen LogP contribution in [-0.4, -0.2) is 16.0 Å². The Kier molecular flexibility index (Phi) is 5.27. The van der Waals surface area contributed by atoms with E-state index in [4.69, 9.17) is 23.1 Å². The number of hydrogen-bond acceptors (Lipinski definition) is 5. The minimum Gasteiger partial charge on any atom is -0.383 e. The van der Waals surface area contributed by atoms with Crippen LogP contribution in [0.2, 0.25) is 5.02 Å². The van der Waals surface area contributed by atoms with Crippen molar-refractivity contribution in [1.82, 2.24) is 9.97 Å². The summed E-state index contributed by atoms with van der Waals surface area (Å²) in [5, 5.41) is 0.965. The van der Waals surface area contributed by atoms with E-state index in [-0.39, 0.29) is 22.7 Å². The van der Waals surface area contributed by atoms with Crippen LogP contribution in [0.25, 0.3) is 0 Å². The zero-order chi connectivity index (χ0) is 15.4. The molecule has 5 nitrogen and oxygen atoms in total. The van der Waals surface area contributed by atoms with Crippen molar-refractivity contribution in [1.29, 1.82) is 0 Å². The zero-order valence-electron chi connectivity index (χ0n) is 11.5. The third-order valence-corrected chi connectivity index (χ3v) is 4.67. The number of aromatic nitrogens is 2. The molecule has 7 heteroatoms. The summed E-state index contributed by atoms with van der Waals surface area (Å²) in [4.78, 5) is 18.3. The van der Waals surface area contributed by atoms with Crippen molar-refractivity contribution < 1.29 is 0 Å². The molecule has 2 unspecified atom stereocenters. The summed E-state index contributed by atoms with van der Waals surface area (Å²) in [6.45, 7) is 2.00. The molecule has 1 aromatic carbocycles. The summed E-state index contributed by atoms with van der Waals surface area (Å²) in [7, 11) is 0. The average molecular weight is 325 g/mol. The van der Waals surface area contributed by atoms with Crippen LogP contribution in [0.1, 0.15) is 24.2 Å². The van der Waals surface area contributed by atoms with Gasteiger partial charge in [-0.3, -0.25) is 4.79 Å². The van der Waals surface area contributed by atoms with Crippen LogP contribution in [-0.2, 0) is 0 Å². The van der Waals surface area contributed by atoms with Crippen LogP contribution >= 0.6 is 23.4 Å². The Morgan fingerprint density at radius 2 is 2.14 bits per heavy atom. The topological polar surface area (TPSA) is 97.8 Å². The van der Waals surface area contributed by atoms with Crippen LogP contribution in [0, 0.1) is 0 Å². The molecular weight excluding hydrogens is 308 g/mol. The van der Waals surface area contributed by atoms with Gasteiger partial charge in [0.15, 0.2) is 5.16 Å². The number of benzene rings is 1. The van der Waals surface area contributed by atoms with Gasteiger partial charge in [-0.15, -0.1) is 0 Å². The maximum Gasteiger partial charge on any atom is 0.253 e. The highest BCUT2D eigenvalue weighted by Crippen LogP contribution is 2.39. The Labute approximate surface area is 132 Å². The number of hydrogen-bond donors (Lipinski definition) is 3. The van der Waals surface area contributed by atoms with Crippen molar-refractivity contribution in [2.45, 2.75) is 29.8 Å². The molecule has 0 radical (unpaired) electrons. The van der Waals surface area contributed by atoms with Crippen LogP contribution in [0.5, 0.6) is 0 Å². The van der Waals surface area contributed by atoms with E-state index in [1.807, 2.05) is 31.2 Å². The average Bonchev–Trinajstić information content (AvgIpc) is 2.44. The fraction of sp³-hybridized carbons (Fsp3) is 0.286. The van der Waals surface area contributed by atoms with Crippen molar-refractivity contribution >= 4 is 29.2 Å². The number of anilines is 1. The predicted molar refractivity (Wildman–Crippen MR) is 87.6 cm³/mol. The normalized spacial score (nSPS) is 13.9. The van der Waals surface area contributed by atoms with Gasteiger partial charge in [-0.1, -0.05) is 48.5 Å². The first kappa shape index (κ1) is 15.9. The molecule has 1 aromatic heterocycles. The van der Waals surface area contributed by atoms with Gasteiger partial charge in [0.05, 0.1) is 5.25 Å². The lowest BCUT2D eigenvalue weighted by Gasteiger charge is -2.23. The number of thioether (sulfide) groups is 1. The van der Waals surface area contributed by atoms with Gasteiger partial charge in [0.1, 0.15) is 5.82 Å². The Morgan fingerprint density at radius 3 is 2.76 bits per heavy atom. The van der Waals surface area contributed by atoms with E-state index < -0.39 is 0 Å². The monoisotopic (exact) mass is 324 g/mol. The molecule has 0 saturated carbocycles. The number of nitrogen functional groups attached to an aromatic ring is 1. The largest absolute Gasteiger partial charge is 0.383 e. The molecule has 2 aromatic rings. The van der Waals surface area contributed by atoms with E-state index in [1.54, 1.807) is 0 Å². The molecule has 5 N–H and O–H groups in total. The lowest BCUT2D eigenvalue weighted by molar-refractivity contribution is 0.632. The van der Waals surface area contributed by atoms with Gasteiger partial charge in [0.2, 0.25) is 0 Å². The van der Waals surface area contributed by atoms with Gasteiger partial charge in [-0.2, -0.15) is 0 Å². The molecule has 2 rings (SSSR count). The van der Waals surface area contributed by atoms with Crippen LogP contribution < -0.4 is 17.0 Å². The minimum absolute atomic E-state index is 0.117. The van der Waals surface area contributed by atoms with Crippen molar-refractivity contribution in [3.05, 3.63) is 51.3 Å². The van der Waals surface area contributed by atoms with Crippen molar-refractivity contribution in [2.24, 2.45) is 5.73 Å². The third-order valence-electron chi connectivity index (χ3n) is 3.05. The molecular formula is C14H17ClN4OS. The number of halogens is 1. The second-order valence-corrected chi connectivity index (χ2v) is 6.14. The van der Waals surface area contributed by atoms with Crippen LogP contribution in [0.3, 0.4) is 0 Å². The van der Waals surface area contributed by atoms with E-state index >= 15 is 0 Å². The van der Waals surface area contributed by atoms with E-state index in [0.29, 0.717) is 10.2 Å². The van der Waals surface area contributed by atoms with E-state index in [1.165, 1.54) is 17.8 Å². The standard InChI is InChI=1S/C14H17ClN4OS/c1-2-10(16)13(8-5-3-4-6-9(8)15)21-14-18-11(17)7-12(20)19-14/h3-7,10,13H,2,16H2,1H3,(H3,17,18,19,20). The predicted octanol–water partition coefficient (Wildman–Crippen LogP) is 2.58. The van der Waals surface area contributed by atoms with Gasteiger partial charge >= 0.3 is 0 Å². The maximum absolute atomic E-state index is 11.5. The number of nitrogens with one attached hydrogen (secondary N) is 1. The summed E-state index contributed by atoms with van der Waals surface area (Å²) in [6.07, 6.45) is 0.773. The molecule has 0 fully saturated rings. The Hall–Kier alpha value is -1.50.